The fourth-order valence-corrected chi connectivity index (χ4v) is 5.00. The Labute approximate surface area is 138 Å². The largest absolute Gasteiger partial charge is 0.399 e. The van der Waals surface area contributed by atoms with Gasteiger partial charge < -0.3 is 16.0 Å². The molecule has 0 saturated carbocycles. The third-order valence-electron chi connectivity index (χ3n) is 4.47. The van der Waals surface area contributed by atoms with Crippen molar-refractivity contribution < 1.29 is 13.2 Å². The summed E-state index contributed by atoms with van der Waals surface area (Å²) < 4.78 is 26.4. The van der Waals surface area contributed by atoms with E-state index in [1.54, 1.807) is 11.0 Å². The first-order valence-corrected chi connectivity index (χ1v) is 9.47. The van der Waals surface area contributed by atoms with Crippen LogP contribution in [0.2, 0.25) is 0 Å². The molecule has 0 radical (unpaired) electrons. The Kier molecular flexibility index (Phi) is 5.49. The van der Waals surface area contributed by atoms with Gasteiger partial charge in [-0.1, -0.05) is 12.2 Å². The lowest BCUT2D eigenvalue weighted by molar-refractivity contribution is -0.132. The highest BCUT2D eigenvalue weighted by molar-refractivity contribution is 7.91. The smallest absolute Gasteiger partial charge is 0.249 e. The van der Waals surface area contributed by atoms with Gasteiger partial charge in [0, 0.05) is 51.4 Å². The Morgan fingerprint density at radius 3 is 2.43 bits per heavy atom. The predicted molar refractivity (Wildman–Crippen MR) is 90.0 cm³/mol. The number of allylic oxidation sites excluding steroid dienone is 2. The van der Waals surface area contributed by atoms with Crippen LogP contribution >= 0.6 is 0 Å². The van der Waals surface area contributed by atoms with E-state index < -0.39 is 14.8 Å². The summed E-state index contributed by atoms with van der Waals surface area (Å²) >= 11 is 0. The normalized spacial score (nSPS) is 25.9. The van der Waals surface area contributed by atoms with Crippen molar-refractivity contribution in [1.29, 1.82) is 0 Å². The van der Waals surface area contributed by atoms with Crippen LogP contribution in [0.3, 0.4) is 0 Å². The van der Waals surface area contributed by atoms with Crippen LogP contribution in [0.1, 0.15) is 20.3 Å². The number of nitrogens with zero attached hydrogens (tertiary/aromatic N) is 2. The van der Waals surface area contributed by atoms with Crippen molar-refractivity contribution in [2.75, 3.05) is 39.3 Å². The Hall–Kier alpha value is -1.38. The zero-order valence-electron chi connectivity index (χ0n) is 13.8. The number of rotatable bonds is 5. The molecule has 1 saturated heterocycles. The minimum atomic E-state index is -3.82. The number of carbonyl (C=O) groups excluding carboxylic acids is 1. The summed E-state index contributed by atoms with van der Waals surface area (Å²) in [6.45, 7) is 6.59. The highest BCUT2D eigenvalue weighted by Gasteiger charge is 2.53. The van der Waals surface area contributed by atoms with Crippen LogP contribution in [-0.4, -0.2) is 67.5 Å². The summed E-state index contributed by atoms with van der Waals surface area (Å²) in [6.07, 6.45) is 4.71. The second kappa shape index (κ2) is 7.02. The summed E-state index contributed by atoms with van der Waals surface area (Å²) in [6, 6.07) is 0. The second-order valence-electron chi connectivity index (χ2n) is 5.76. The van der Waals surface area contributed by atoms with Gasteiger partial charge in [-0.2, -0.15) is 4.31 Å². The minimum Gasteiger partial charge on any atom is -0.399 e. The van der Waals surface area contributed by atoms with Crippen LogP contribution < -0.4 is 11.1 Å². The van der Waals surface area contributed by atoms with Crippen LogP contribution in [-0.2, 0) is 14.8 Å². The van der Waals surface area contributed by atoms with E-state index in [1.807, 2.05) is 13.8 Å². The average molecular weight is 342 g/mol. The average Bonchev–Trinajstić information content (AvgIpc) is 2.57. The van der Waals surface area contributed by atoms with Crippen molar-refractivity contribution in [3.8, 4) is 0 Å². The van der Waals surface area contributed by atoms with Crippen LogP contribution in [0.15, 0.2) is 23.9 Å². The molecule has 2 aliphatic rings. The van der Waals surface area contributed by atoms with Gasteiger partial charge in [0.25, 0.3) is 0 Å². The van der Waals surface area contributed by atoms with E-state index in [1.165, 1.54) is 16.5 Å². The number of amides is 1. The molecule has 1 unspecified atom stereocenters. The molecule has 0 aromatic heterocycles. The fourth-order valence-electron chi connectivity index (χ4n) is 2.99. The number of nitrogens with two attached hydrogens (primary N) is 1. The Balaban J connectivity index is 2.46. The number of nitrogens with one attached hydrogen (secondary N) is 1. The molecule has 1 amide bonds. The molecule has 0 bridgehead atoms. The summed E-state index contributed by atoms with van der Waals surface area (Å²) in [5.74, 6) is -0.374. The summed E-state index contributed by atoms with van der Waals surface area (Å²) in [4.78, 5) is 14.6. The molecule has 8 heteroatoms. The maximum absolute atomic E-state index is 13.3. The molecule has 1 aliphatic heterocycles. The molecule has 1 atom stereocenters. The quantitative estimate of drug-likeness (QED) is 0.711. The zero-order valence-corrected chi connectivity index (χ0v) is 14.6. The number of hydrogen-bond donors (Lipinski definition) is 2. The summed E-state index contributed by atoms with van der Waals surface area (Å²) in [7, 11) is -3.82. The minimum absolute atomic E-state index is 0.0803. The molecular weight excluding hydrogens is 316 g/mol. The van der Waals surface area contributed by atoms with Gasteiger partial charge in [0.05, 0.1) is 0 Å². The Bertz CT molecular complexity index is 604. The van der Waals surface area contributed by atoms with E-state index in [-0.39, 0.29) is 12.3 Å². The molecule has 3 N–H and O–H groups in total. The Morgan fingerprint density at radius 2 is 1.96 bits per heavy atom. The SMILES string of the molecule is CCN(CC)C(=O)C1(S(=O)(=O)N2CCNCC2)C=CC(N)=CC1. The van der Waals surface area contributed by atoms with Gasteiger partial charge >= 0.3 is 0 Å². The van der Waals surface area contributed by atoms with Crippen LogP contribution in [0.4, 0.5) is 0 Å². The zero-order chi connectivity index (χ0) is 17.1. The van der Waals surface area contributed by atoms with Crippen molar-refractivity contribution in [2.24, 2.45) is 5.73 Å². The van der Waals surface area contributed by atoms with Gasteiger partial charge in [-0.3, -0.25) is 4.79 Å². The molecule has 0 spiro atoms. The van der Waals surface area contributed by atoms with Gasteiger partial charge in [0.2, 0.25) is 15.9 Å². The highest BCUT2D eigenvalue weighted by Crippen LogP contribution is 2.33. The maximum Gasteiger partial charge on any atom is 0.249 e. The maximum atomic E-state index is 13.3. The molecule has 1 fully saturated rings. The summed E-state index contributed by atoms with van der Waals surface area (Å²) in [5.41, 5.74) is 6.24. The van der Waals surface area contributed by atoms with E-state index in [4.69, 9.17) is 5.73 Å². The molecule has 0 aromatic carbocycles. The van der Waals surface area contributed by atoms with Crippen molar-refractivity contribution >= 4 is 15.9 Å². The standard InChI is InChI=1S/C15H26N4O3S/c1-3-18(4-2)14(20)15(7-5-13(16)6-8-15)23(21,22)19-11-9-17-10-12-19/h5-7,17H,3-4,8-12,16H2,1-2H3. The lowest BCUT2D eigenvalue weighted by Crippen LogP contribution is -2.60. The van der Waals surface area contributed by atoms with Crippen molar-refractivity contribution in [3.63, 3.8) is 0 Å². The monoisotopic (exact) mass is 342 g/mol. The predicted octanol–water partition coefficient (Wildman–Crippen LogP) is -0.369. The first-order valence-electron chi connectivity index (χ1n) is 8.03. The molecule has 1 heterocycles. The molecule has 23 heavy (non-hydrogen) atoms. The van der Waals surface area contributed by atoms with E-state index in [0.717, 1.165) is 0 Å². The fraction of sp³-hybridized carbons (Fsp3) is 0.667. The number of piperazine rings is 1. The van der Waals surface area contributed by atoms with E-state index in [2.05, 4.69) is 5.32 Å². The van der Waals surface area contributed by atoms with Gasteiger partial charge in [-0.15, -0.1) is 0 Å². The van der Waals surface area contributed by atoms with Gasteiger partial charge in [-0.05, 0) is 19.9 Å². The molecule has 0 aromatic rings. The van der Waals surface area contributed by atoms with Crippen LogP contribution in [0, 0.1) is 0 Å². The van der Waals surface area contributed by atoms with Gasteiger partial charge in [0.15, 0.2) is 4.75 Å². The van der Waals surface area contributed by atoms with Crippen LogP contribution in [0.5, 0.6) is 0 Å². The van der Waals surface area contributed by atoms with Crippen molar-refractivity contribution in [2.45, 2.75) is 25.0 Å². The van der Waals surface area contributed by atoms with Crippen molar-refractivity contribution in [3.05, 3.63) is 23.9 Å². The third kappa shape index (κ3) is 3.15. The number of hydrogen-bond acceptors (Lipinski definition) is 5. The van der Waals surface area contributed by atoms with Gasteiger partial charge in [-0.25, -0.2) is 8.42 Å². The van der Waals surface area contributed by atoms with E-state index >= 15 is 0 Å². The van der Waals surface area contributed by atoms with Crippen LogP contribution in [0.25, 0.3) is 0 Å². The van der Waals surface area contributed by atoms with Gasteiger partial charge in [0.1, 0.15) is 0 Å². The lowest BCUT2D eigenvalue weighted by Gasteiger charge is -2.39. The third-order valence-corrected chi connectivity index (χ3v) is 6.92. The number of sulfonamides is 1. The molecule has 130 valence electrons. The lowest BCUT2D eigenvalue weighted by atomic mass is 9.96. The van der Waals surface area contributed by atoms with Crippen molar-refractivity contribution in [1.82, 2.24) is 14.5 Å². The molecule has 1 aliphatic carbocycles. The topological polar surface area (TPSA) is 95.7 Å². The molecule has 2 rings (SSSR count). The number of carbonyl (C=O) groups is 1. The van der Waals surface area contributed by atoms with E-state index in [0.29, 0.717) is 45.0 Å². The summed E-state index contributed by atoms with van der Waals surface area (Å²) in [5, 5.41) is 3.13. The first-order chi connectivity index (χ1) is 10.9. The Morgan fingerprint density at radius 1 is 1.35 bits per heavy atom. The van der Waals surface area contributed by atoms with E-state index in [9.17, 15) is 13.2 Å². The molecular formula is C15H26N4O3S. The first kappa shape index (κ1) is 18.0. The highest BCUT2D eigenvalue weighted by atomic mass is 32.2. The molecule has 7 nitrogen and oxygen atoms in total. The second-order valence-corrected chi connectivity index (χ2v) is 7.96.